The molecule has 1 heterocycles. The smallest absolute Gasteiger partial charge is 0.356 e. The van der Waals surface area contributed by atoms with Crippen molar-refractivity contribution in [3.8, 4) is 0 Å². The van der Waals surface area contributed by atoms with Gasteiger partial charge in [-0.15, -0.1) is 0 Å². The quantitative estimate of drug-likeness (QED) is 0.405. The number of para-hydroxylation sites is 2. The van der Waals surface area contributed by atoms with E-state index in [0.717, 1.165) is 19.6 Å². The van der Waals surface area contributed by atoms with E-state index in [2.05, 4.69) is 0 Å². The van der Waals surface area contributed by atoms with Crippen LogP contribution in [0.15, 0.2) is 30.6 Å². The van der Waals surface area contributed by atoms with Crippen molar-refractivity contribution in [1.82, 2.24) is 8.87 Å². The molecule has 0 aliphatic rings. The van der Waals surface area contributed by atoms with Crippen LogP contribution in [0.3, 0.4) is 0 Å². The number of carbonyl (C=O) groups is 2. The normalized spacial score (nSPS) is 14.1. The third-order valence-electron chi connectivity index (χ3n) is 4.04. The van der Waals surface area contributed by atoms with E-state index in [0.29, 0.717) is 5.52 Å². The van der Waals surface area contributed by atoms with Gasteiger partial charge in [-0.3, -0.25) is 4.79 Å². The van der Waals surface area contributed by atoms with E-state index in [1.165, 1.54) is 11.5 Å². The van der Waals surface area contributed by atoms with Gasteiger partial charge in [0.15, 0.2) is 21.3 Å². The number of hydrogen-bond donors (Lipinski definition) is 0. The number of carbonyl (C=O) groups excluding carboxylic acids is 2. The van der Waals surface area contributed by atoms with E-state index in [9.17, 15) is 22.6 Å². The van der Waals surface area contributed by atoms with Gasteiger partial charge in [0.2, 0.25) is 17.8 Å². The van der Waals surface area contributed by atoms with Crippen molar-refractivity contribution in [3.05, 3.63) is 30.6 Å². The number of benzene rings is 1. The first-order chi connectivity index (χ1) is 11.5. The Bertz CT molecular complexity index is 936. The summed E-state index contributed by atoms with van der Waals surface area (Å²) in [5.41, 5.74) is -0.236. The molecule has 0 radical (unpaired) electrons. The molecule has 0 bridgehead atoms. The minimum absolute atomic E-state index is 0.124. The van der Waals surface area contributed by atoms with Crippen molar-refractivity contribution < 1.29 is 31.9 Å². The molecule has 0 saturated carbocycles. The fourth-order valence-electron chi connectivity index (χ4n) is 2.74. The molecule has 1 aromatic carbocycles. The van der Waals surface area contributed by atoms with Gasteiger partial charge in [0.25, 0.3) is 0 Å². The number of nitrogens with zero attached hydrogens (tertiary/aromatic N) is 3. The second kappa shape index (κ2) is 6.45. The Balaban J connectivity index is 2.70. The van der Waals surface area contributed by atoms with Crippen molar-refractivity contribution in [2.75, 3.05) is 13.7 Å². The summed E-state index contributed by atoms with van der Waals surface area (Å²) in [4.78, 5) is 24.1. The standard InChI is InChI=1S/C15H19N3O6S/c1-11(19)18(25(21,22)23)9-15(2,14(20)24-4)17-10-16(3)12-7-5-6-8-13(12)17/h5-8,10H,9H2,1-4H3/t15-/m0/s1. The van der Waals surface area contributed by atoms with Crippen molar-refractivity contribution in [1.29, 1.82) is 0 Å². The zero-order valence-electron chi connectivity index (χ0n) is 14.3. The summed E-state index contributed by atoms with van der Waals surface area (Å²) in [5.74, 6) is -1.77. The van der Waals surface area contributed by atoms with Crippen LogP contribution in [0.1, 0.15) is 13.8 Å². The topological polar surface area (TPSA) is 113 Å². The van der Waals surface area contributed by atoms with E-state index in [1.807, 2.05) is 12.1 Å². The number of imidazole rings is 1. The Kier molecular flexibility index (Phi) is 4.87. The molecule has 2 aromatic rings. The molecule has 0 fully saturated rings. The number of ether oxygens (including phenoxy) is 1. The number of aryl methyl sites for hydroxylation is 1. The third kappa shape index (κ3) is 3.35. The monoisotopic (exact) mass is 369 g/mol. The molecule has 0 spiro atoms. The van der Waals surface area contributed by atoms with Crippen LogP contribution in [0, 0.1) is 0 Å². The van der Waals surface area contributed by atoms with Crippen LogP contribution >= 0.6 is 0 Å². The zero-order valence-corrected chi connectivity index (χ0v) is 15.1. The second-order valence-electron chi connectivity index (χ2n) is 5.83. The summed E-state index contributed by atoms with van der Waals surface area (Å²) in [7, 11) is -2.19. The highest BCUT2D eigenvalue weighted by Crippen LogP contribution is 2.25. The van der Waals surface area contributed by atoms with E-state index in [-0.39, 0.29) is 4.31 Å². The molecule has 25 heavy (non-hydrogen) atoms. The van der Waals surface area contributed by atoms with Crippen molar-refractivity contribution >= 4 is 33.2 Å². The largest absolute Gasteiger partial charge is 0.731 e. The van der Waals surface area contributed by atoms with Gasteiger partial charge in [-0.05, 0) is 19.1 Å². The van der Waals surface area contributed by atoms with E-state index in [4.69, 9.17) is 4.74 Å². The third-order valence-corrected chi connectivity index (χ3v) is 4.97. The maximum Gasteiger partial charge on any atom is 0.356 e. The van der Waals surface area contributed by atoms with Crippen molar-refractivity contribution in [3.63, 3.8) is 0 Å². The Morgan fingerprint density at radius 1 is 1.36 bits per heavy atom. The molecule has 1 aromatic heterocycles. The van der Waals surface area contributed by atoms with Gasteiger partial charge in [-0.2, -0.15) is 0 Å². The summed E-state index contributed by atoms with van der Waals surface area (Å²) in [6, 6.07) is 7.12. The van der Waals surface area contributed by atoms with Gasteiger partial charge >= 0.3 is 5.97 Å². The lowest BCUT2D eigenvalue weighted by atomic mass is 10.0. The molecule has 10 heteroatoms. The molecule has 0 aliphatic carbocycles. The highest BCUT2D eigenvalue weighted by atomic mass is 32.2. The summed E-state index contributed by atoms with van der Waals surface area (Å²) in [5, 5.41) is 0. The molecule has 0 saturated heterocycles. The average Bonchev–Trinajstić information content (AvgIpc) is 2.88. The fraction of sp³-hybridized carbons (Fsp3) is 0.400. The molecule has 0 N–H and O–H groups in total. The van der Waals surface area contributed by atoms with Crippen LogP contribution in [-0.2, 0) is 37.2 Å². The first kappa shape index (κ1) is 18.9. The lowest BCUT2D eigenvalue weighted by molar-refractivity contribution is -0.646. The predicted octanol–water partition coefficient (Wildman–Crippen LogP) is -0.337. The molecule has 1 atom stereocenters. The summed E-state index contributed by atoms with van der Waals surface area (Å²) < 4.78 is 42.5. The van der Waals surface area contributed by atoms with Crippen LogP contribution < -0.4 is 4.57 Å². The molecule has 0 aliphatic heterocycles. The van der Waals surface area contributed by atoms with Crippen LogP contribution in [0.25, 0.3) is 11.0 Å². The van der Waals surface area contributed by atoms with Gasteiger partial charge in [0.1, 0.15) is 0 Å². The number of esters is 1. The van der Waals surface area contributed by atoms with Crippen molar-refractivity contribution in [2.24, 2.45) is 7.05 Å². The van der Waals surface area contributed by atoms with Crippen LogP contribution in [0.2, 0.25) is 0 Å². The van der Waals surface area contributed by atoms with Gasteiger partial charge in [0.05, 0.1) is 20.7 Å². The maximum absolute atomic E-state index is 12.5. The SMILES string of the molecule is COC(=O)[C@](C)(CN(C(C)=O)S(=O)(=O)[O-])n1c[n+](C)c2ccccc21. The molecule has 2 rings (SSSR count). The van der Waals surface area contributed by atoms with Gasteiger partial charge < -0.3 is 9.29 Å². The molecular weight excluding hydrogens is 350 g/mol. The highest BCUT2D eigenvalue weighted by molar-refractivity contribution is 7.83. The molecular formula is C15H19N3O6S. The molecule has 1 amide bonds. The first-order valence-electron chi connectivity index (χ1n) is 7.31. The first-order valence-corrected chi connectivity index (χ1v) is 8.67. The Labute approximate surface area is 145 Å². The Morgan fingerprint density at radius 3 is 2.48 bits per heavy atom. The van der Waals surface area contributed by atoms with Crippen LogP contribution in [-0.4, -0.2) is 47.4 Å². The Hall–Kier alpha value is -2.46. The molecule has 136 valence electrons. The number of aromatic nitrogens is 2. The van der Waals surface area contributed by atoms with Gasteiger partial charge in [-0.1, -0.05) is 12.1 Å². The van der Waals surface area contributed by atoms with E-state index < -0.39 is 34.3 Å². The minimum Gasteiger partial charge on any atom is -0.731 e. The summed E-state index contributed by atoms with van der Waals surface area (Å²) in [6.45, 7) is 1.67. The lowest BCUT2D eigenvalue weighted by Crippen LogP contribution is -2.52. The van der Waals surface area contributed by atoms with E-state index >= 15 is 0 Å². The average molecular weight is 369 g/mol. The predicted molar refractivity (Wildman–Crippen MR) is 85.9 cm³/mol. The zero-order chi connectivity index (χ0) is 19.0. The lowest BCUT2D eigenvalue weighted by Gasteiger charge is -2.31. The fourth-order valence-corrected chi connectivity index (χ4v) is 3.47. The number of fused-ring (bicyclic) bond motifs is 1. The maximum atomic E-state index is 12.5. The van der Waals surface area contributed by atoms with Gasteiger partial charge in [0, 0.05) is 6.92 Å². The molecule has 0 unspecified atom stereocenters. The summed E-state index contributed by atoms with van der Waals surface area (Å²) in [6.07, 6.45) is 1.58. The number of rotatable bonds is 5. The second-order valence-corrected chi connectivity index (χ2v) is 7.13. The van der Waals surface area contributed by atoms with Crippen molar-refractivity contribution in [2.45, 2.75) is 19.4 Å². The summed E-state index contributed by atoms with van der Waals surface area (Å²) >= 11 is 0. The van der Waals surface area contributed by atoms with E-state index in [1.54, 1.807) is 30.1 Å². The molecule has 9 nitrogen and oxygen atoms in total. The van der Waals surface area contributed by atoms with Crippen LogP contribution in [0.4, 0.5) is 0 Å². The van der Waals surface area contributed by atoms with Crippen LogP contribution in [0.5, 0.6) is 0 Å². The number of hydrogen-bond acceptors (Lipinski definition) is 6. The minimum atomic E-state index is -5.09. The van der Waals surface area contributed by atoms with Gasteiger partial charge in [-0.25, -0.2) is 26.7 Å². The number of methoxy groups -OCH3 is 1. The Morgan fingerprint density at radius 2 is 1.96 bits per heavy atom. The highest BCUT2D eigenvalue weighted by Gasteiger charge is 2.46. The number of amides is 1.